The fourth-order valence-electron chi connectivity index (χ4n) is 0.373. The van der Waals surface area contributed by atoms with Gasteiger partial charge in [0.05, 0.1) is 0 Å². The molecule has 1 N–H and O–H groups in total. The number of hydrogen-bond donors (Lipinski definition) is 1. The second kappa shape index (κ2) is 4.60. The Morgan fingerprint density at radius 1 is 1.71 bits per heavy atom. The van der Waals surface area contributed by atoms with Crippen molar-refractivity contribution in [3.05, 3.63) is 0 Å². The van der Waals surface area contributed by atoms with Gasteiger partial charge in [0.15, 0.2) is 0 Å². The van der Waals surface area contributed by atoms with E-state index in [1.807, 2.05) is 0 Å². The van der Waals surface area contributed by atoms with Crippen LogP contribution < -0.4 is 0 Å². The average Bonchev–Trinajstić information content (AvgIpc) is 1.61. The van der Waals surface area contributed by atoms with E-state index in [0.717, 1.165) is 12.8 Å². The lowest BCUT2D eigenvalue weighted by atomic mass is 10.3. The summed E-state index contributed by atoms with van der Waals surface area (Å²) in [5, 5.41) is 8.29. The average molecular weight is 167 g/mol. The first-order chi connectivity index (χ1) is 3.27. The molecule has 0 aromatic carbocycles. The van der Waals surface area contributed by atoms with Gasteiger partial charge in [0, 0.05) is 11.4 Å². The van der Waals surface area contributed by atoms with Gasteiger partial charge in [-0.3, -0.25) is 0 Å². The minimum Gasteiger partial charge on any atom is -0.396 e. The predicted molar refractivity (Wildman–Crippen MR) is 34.7 cm³/mol. The molecule has 0 aliphatic rings. The first kappa shape index (κ1) is 7.44. The molecule has 0 saturated carbocycles. The summed E-state index contributed by atoms with van der Waals surface area (Å²) in [7, 11) is 0. The van der Waals surface area contributed by atoms with Gasteiger partial charge in [-0.15, -0.1) is 0 Å². The Bertz CT molecular complexity index is 37.1. The van der Waals surface area contributed by atoms with Crippen molar-refractivity contribution < 1.29 is 5.11 Å². The molecule has 0 aromatic rings. The van der Waals surface area contributed by atoms with Crippen molar-refractivity contribution in [2.24, 2.45) is 0 Å². The molecule has 0 bridgehead atoms. The Hall–Kier alpha value is 0.440. The molecule has 0 unspecified atom stereocenters. The van der Waals surface area contributed by atoms with Gasteiger partial charge in [-0.1, -0.05) is 22.9 Å². The second-order valence-corrected chi connectivity index (χ2v) is 3.21. The Morgan fingerprint density at radius 3 is 2.43 bits per heavy atom. The largest absolute Gasteiger partial charge is 0.396 e. The first-order valence-corrected chi connectivity index (χ1v) is 3.44. The van der Waals surface area contributed by atoms with E-state index < -0.39 is 0 Å². The summed E-state index contributed by atoms with van der Waals surface area (Å²) >= 11 is 3.36. The molecule has 2 heteroatoms. The van der Waals surface area contributed by atoms with Crippen LogP contribution in [0.25, 0.3) is 0 Å². The Kier molecular flexibility index (Phi) is 4.88. The van der Waals surface area contributed by atoms with Crippen LogP contribution in [-0.2, 0) is 0 Å². The van der Waals surface area contributed by atoms with Crippen LogP contribution in [0, 0.1) is 0 Å². The van der Waals surface area contributed by atoms with E-state index in [1.54, 1.807) is 0 Å². The van der Waals surface area contributed by atoms with Crippen molar-refractivity contribution in [1.82, 2.24) is 0 Å². The van der Waals surface area contributed by atoms with Crippen LogP contribution >= 0.6 is 15.9 Å². The molecular formula is C5H11BrO. The van der Waals surface area contributed by atoms with Crippen molar-refractivity contribution in [2.45, 2.75) is 24.6 Å². The predicted octanol–water partition coefficient (Wildman–Crippen LogP) is 1.54. The van der Waals surface area contributed by atoms with Gasteiger partial charge in [0.1, 0.15) is 0 Å². The Labute approximate surface area is 52.9 Å². The third-order valence-electron chi connectivity index (χ3n) is 0.760. The van der Waals surface area contributed by atoms with Crippen molar-refractivity contribution in [3.63, 3.8) is 0 Å². The highest BCUT2D eigenvalue weighted by Gasteiger charge is 1.91. The molecular weight excluding hydrogens is 156 g/mol. The maximum atomic E-state index is 8.29. The summed E-state index contributed by atoms with van der Waals surface area (Å²) in [6.07, 6.45) is 1.98. The van der Waals surface area contributed by atoms with E-state index in [1.165, 1.54) is 0 Å². The standard InChI is InChI=1S/C5H11BrO/c1-5(6)3-2-4-7/h5,7H,2-4H2,1H3/t5-/m1/s1. The topological polar surface area (TPSA) is 20.2 Å². The molecule has 0 rings (SSSR count). The second-order valence-electron chi connectivity index (χ2n) is 1.65. The molecule has 1 atom stereocenters. The molecule has 0 heterocycles. The minimum atomic E-state index is 0.315. The maximum Gasteiger partial charge on any atom is 0.0431 e. The highest BCUT2D eigenvalue weighted by atomic mass is 79.9. The lowest BCUT2D eigenvalue weighted by Gasteiger charge is -1.96. The molecule has 0 radical (unpaired) electrons. The first-order valence-electron chi connectivity index (χ1n) is 2.52. The monoisotopic (exact) mass is 166 g/mol. The summed E-state index contributed by atoms with van der Waals surface area (Å²) in [6, 6.07) is 0. The van der Waals surface area contributed by atoms with E-state index in [4.69, 9.17) is 5.11 Å². The molecule has 1 nitrogen and oxygen atoms in total. The van der Waals surface area contributed by atoms with Crippen LogP contribution in [0.3, 0.4) is 0 Å². The van der Waals surface area contributed by atoms with Gasteiger partial charge in [-0.2, -0.15) is 0 Å². The molecule has 0 aliphatic carbocycles. The molecule has 0 amide bonds. The van der Waals surface area contributed by atoms with Gasteiger partial charge in [0.2, 0.25) is 0 Å². The van der Waals surface area contributed by atoms with Crippen LogP contribution in [-0.4, -0.2) is 16.5 Å². The van der Waals surface area contributed by atoms with Crippen molar-refractivity contribution in [3.8, 4) is 0 Å². The molecule has 0 fully saturated rings. The van der Waals surface area contributed by atoms with Gasteiger partial charge in [-0.05, 0) is 12.8 Å². The zero-order valence-corrected chi connectivity index (χ0v) is 6.11. The Balaban J connectivity index is 2.68. The fourth-order valence-corrected chi connectivity index (χ4v) is 0.696. The van der Waals surface area contributed by atoms with Crippen molar-refractivity contribution in [1.29, 1.82) is 0 Å². The fraction of sp³-hybridized carbons (Fsp3) is 1.00. The summed E-state index contributed by atoms with van der Waals surface area (Å²) < 4.78 is 0. The highest BCUT2D eigenvalue weighted by Crippen LogP contribution is 2.04. The number of rotatable bonds is 3. The van der Waals surface area contributed by atoms with Gasteiger partial charge < -0.3 is 5.11 Å². The molecule has 0 saturated heterocycles. The van der Waals surface area contributed by atoms with Crippen LogP contribution in [0.1, 0.15) is 19.8 Å². The quantitative estimate of drug-likeness (QED) is 0.632. The van der Waals surface area contributed by atoms with Crippen LogP contribution in [0.2, 0.25) is 0 Å². The summed E-state index contributed by atoms with van der Waals surface area (Å²) in [5.41, 5.74) is 0. The number of aliphatic hydroxyl groups is 1. The van der Waals surface area contributed by atoms with E-state index in [0.29, 0.717) is 11.4 Å². The smallest absolute Gasteiger partial charge is 0.0431 e. The number of aliphatic hydroxyl groups excluding tert-OH is 1. The molecule has 0 aliphatic heterocycles. The zero-order chi connectivity index (χ0) is 5.70. The van der Waals surface area contributed by atoms with Crippen LogP contribution in [0.15, 0.2) is 0 Å². The third-order valence-corrected chi connectivity index (χ3v) is 1.22. The lowest BCUT2D eigenvalue weighted by molar-refractivity contribution is 0.285. The van der Waals surface area contributed by atoms with E-state index >= 15 is 0 Å². The van der Waals surface area contributed by atoms with Gasteiger partial charge >= 0.3 is 0 Å². The van der Waals surface area contributed by atoms with E-state index in [9.17, 15) is 0 Å². The lowest BCUT2D eigenvalue weighted by Crippen LogP contribution is -1.91. The number of halogens is 1. The minimum absolute atomic E-state index is 0.315. The number of hydrogen-bond acceptors (Lipinski definition) is 1. The highest BCUT2D eigenvalue weighted by molar-refractivity contribution is 9.09. The van der Waals surface area contributed by atoms with Gasteiger partial charge in [0.25, 0.3) is 0 Å². The molecule has 7 heavy (non-hydrogen) atoms. The summed E-state index contributed by atoms with van der Waals surface area (Å²) in [4.78, 5) is 0.555. The summed E-state index contributed by atoms with van der Waals surface area (Å²) in [5.74, 6) is 0. The third kappa shape index (κ3) is 6.44. The maximum absolute atomic E-state index is 8.29. The summed E-state index contributed by atoms with van der Waals surface area (Å²) in [6.45, 7) is 2.39. The van der Waals surface area contributed by atoms with Crippen molar-refractivity contribution in [2.75, 3.05) is 6.61 Å². The molecule has 44 valence electrons. The van der Waals surface area contributed by atoms with E-state index in [2.05, 4.69) is 22.9 Å². The Morgan fingerprint density at radius 2 is 2.29 bits per heavy atom. The molecule has 0 spiro atoms. The number of alkyl halides is 1. The SMILES string of the molecule is C[C@@H](Br)CCCO. The normalized spacial score (nSPS) is 14.1. The van der Waals surface area contributed by atoms with Crippen LogP contribution in [0.5, 0.6) is 0 Å². The van der Waals surface area contributed by atoms with Crippen LogP contribution in [0.4, 0.5) is 0 Å². The zero-order valence-electron chi connectivity index (χ0n) is 4.52. The van der Waals surface area contributed by atoms with Crippen molar-refractivity contribution >= 4 is 15.9 Å². The van der Waals surface area contributed by atoms with E-state index in [-0.39, 0.29) is 0 Å². The molecule has 0 aromatic heterocycles. The van der Waals surface area contributed by atoms with Gasteiger partial charge in [-0.25, -0.2) is 0 Å².